The Morgan fingerprint density at radius 2 is 2.07 bits per heavy atom. The summed E-state index contributed by atoms with van der Waals surface area (Å²) in [4.78, 5) is 35.9. The van der Waals surface area contributed by atoms with Crippen LogP contribution in [0.4, 0.5) is 4.79 Å². The second-order valence-corrected chi connectivity index (χ2v) is 6.98. The molecule has 2 aromatic heterocycles. The van der Waals surface area contributed by atoms with E-state index in [-0.39, 0.29) is 0 Å². The van der Waals surface area contributed by atoms with Gasteiger partial charge in [0.15, 0.2) is 6.61 Å². The topological polar surface area (TPSA) is 102 Å². The molecule has 2 N–H and O–H groups in total. The number of imide groups is 1. The molecule has 0 aliphatic carbocycles. The van der Waals surface area contributed by atoms with Gasteiger partial charge in [0.1, 0.15) is 9.71 Å². The highest BCUT2D eigenvalue weighted by Crippen LogP contribution is 2.31. The highest BCUT2D eigenvalue weighted by molar-refractivity contribution is 7.20. The molecular weight excluding hydrogens is 392 g/mol. The average molecular weight is 407 g/mol. The molecule has 0 saturated heterocycles. The van der Waals surface area contributed by atoms with Crippen molar-refractivity contribution in [1.29, 1.82) is 0 Å². The summed E-state index contributed by atoms with van der Waals surface area (Å²) in [6.07, 6.45) is 0. The second kappa shape index (κ2) is 7.77. The quantitative estimate of drug-likeness (QED) is 0.648. The molecule has 3 aromatic rings. The molecule has 0 unspecified atom stereocenters. The van der Waals surface area contributed by atoms with Crippen LogP contribution in [0.1, 0.15) is 15.4 Å². The minimum Gasteiger partial charge on any atom is -0.451 e. The van der Waals surface area contributed by atoms with Crippen molar-refractivity contribution in [3.63, 3.8) is 0 Å². The first-order chi connectivity index (χ1) is 12.9. The maximum atomic E-state index is 12.2. The molecule has 1 aromatic carbocycles. The number of urea groups is 1. The summed E-state index contributed by atoms with van der Waals surface area (Å²) in [5.74, 6) is -1.37. The van der Waals surface area contributed by atoms with Crippen LogP contribution in [0.3, 0.4) is 0 Å². The first kappa shape index (κ1) is 18.9. The van der Waals surface area contributed by atoms with E-state index in [1.165, 1.54) is 18.4 Å². The third-order valence-electron chi connectivity index (χ3n) is 3.61. The Bertz CT molecular complexity index is 1040. The predicted octanol–water partition coefficient (Wildman–Crippen LogP) is 2.66. The normalized spacial score (nSPS) is 10.6. The van der Waals surface area contributed by atoms with Crippen molar-refractivity contribution >= 4 is 51.1 Å². The Morgan fingerprint density at radius 3 is 2.78 bits per heavy atom. The molecule has 8 nitrogen and oxygen atoms in total. The number of carbonyl (C=O) groups is 3. The highest BCUT2D eigenvalue weighted by Gasteiger charge is 2.19. The number of carbonyl (C=O) groups excluding carboxylic acids is 3. The van der Waals surface area contributed by atoms with Gasteiger partial charge in [0.25, 0.3) is 5.91 Å². The van der Waals surface area contributed by atoms with Crippen molar-refractivity contribution in [3.8, 4) is 5.69 Å². The van der Waals surface area contributed by atoms with E-state index in [4.69, 9.17) is 16.3 Å². The number of nitrogens with zero attached hydrogens (tertiary/aromatic N) is 2. The molecule has 140 valence electrons. The minimum absolute atomic E-state index is 0.328. The fourth-order valence-electron chi connectivity index (χ4n) is 2.36. The second-order valence-electron chi connectivity index (χ2n) is 5.51. The lowest BCUT2D eigenvalue weighted by Crippen LogP contribution is -2.39. The van der Waals surface area contributed by atoms with Gasteiger partial charge in [-0.2, -0.15) is 5.10 Å². The summed E-state index contributed by atoms with van der Waals surface area (Å²) in [6, 6.07) is 8.21. The average Bonchev–Trinajstić information content (AvgIpc) is 3.20. The number of fused-ring (bicyclic) bond motifs is 1. The molecule has 0 radical (unpaired) electrons. The van der Waals surface area contributed by atoms with E-state index in [1.807, 2.05) is 24.4 Å². The number of esters is 1. The van der Waals surface area contributed by atoms with Gasteiger partial charge in [-0.1, -0.05) is 17.7 Å². The molecule has 0 aliphatic rings. The molecule has 0 spiro atoms. The smallest absolute Gasteiger partial charge is 0.348 e. The molecular formula is C17H15ClN4O4S. The molecule has 2 heterocycles. The minimum atomic E-state index is -0.718. The Labute approximate surface area is 163 Å². The van der Waals surface area contributed by atoms with Crippen molar-refractivity contribution < 1.29 is 19.1 Å². The number of nitrogens with one attached hydrogen (secondary N) is 2. The maximum absolute atomic E-state index is 12.2. The van der Waals surface area contributed by atoms with Crippen LogP contribution in [0.25, 0.3) is 15.9 Å². The Balaban J connectivity index is 1.80. The molecule has 10 heteroatoms. The Morgan fingerprint density at radius 1 is 1.30 bits per heavy atom. The third-order valence-corrected chi connectivity index (χ3v) is 4.94. The number of aromatic nitrogens is 2. The van der Waals surface area contributed by atoms with Gasteiger partial charge in [0, 0.05) is 17.5 Å². The number of thiophene rings is 1. The number of hydrogen-bond donors (Lipinski definition) is 2. The lowest BCUT2D eigenvalue weighted by molar-refractivity contribution is -0.123. The summed E-state index contributed by atoms with van der Waals surface area (Å²) < 4.78 is 6.67. The number of halogens is 1. The lowest BCUT2D eigenvalue weighted by atomic mass is 10.3. The Hall–Kier alpha value is -2.91. The molecule has 0 bridgehead atoms. The monoisotopic (exact) mass is 406 g/mol. The van der Waals surface area contributed by atoms with Crippen LogP contribution in [0.5, 0.6) is 0 Å². The van der Waals surface area contributed by atoms with Crippen LogP contribution >= 0.6 is 22.9 Å². The molecule has 3 rings (SSSR count). The lowest BCUT2D eigenvalue weighted by Gasteiger charge is -2.04. The summed E-state index contributed by atoms with van der Waals surface area (Å²) in [5, 5.41) is 10.1. The molecule has 0 atom stereocenters. The molecule has 0 aliphatic heterocycles. The van der Waals surface area contributed by atoms with E-state index < -0.39 is 24.5 Å². The van der Waals surface area contributed by atoms with Crippen molar-refractivity contribution in [2.24, 2.45) is 0 Å². The van der Waals surface area contributed by atoms with Gasteiger partial charge in [-0.05, 0) is 31.2 Å². The maximum Gasteiger partial charge on any atom is 0.348 e. The molecule has 3 amide bonds. The first-order valence-electron chi connectivity index (χ1n) is 7.83. The van der Waals surface area contributed by atoms with Gasteiger partial charge >= 0.3 is 12.0 Å². The van der Waals surface area contributed by atoms with Crippen molar-refractivity contribution in [3.05, 3.63) is 45.9 Å². The first-order valence-corrected chi connectivity index (χ1v) is 9.02. The van der Waals surface area contributed by atoms with Crippen LogP contribution in [0.15, 0.2) is 30.3 Å². The van der Waals surface area contributed by atoms with E-state index in [0.29, 0.717) is 9.90 Å². The van der Waals surface area contributed by atoms with E-state index in [2.05, 4.69) is 10.4 Å². The highest BCUT2D eigenvalue weighted by atomic mass is 35.5. The van der Waals surface area contributed by atoms with Gasteiger partial charge in [-0.25, -0.2) is 14.3 Å². The van der Waals surface area contributed by atoms with E-state index in [1.54, 1.807) is 22.9 Å². The zero-order chi connectivity index (χ0) is 19.6. The molecule has 27 heavy (non-hydrogen) atoms. The predicted molar refractivity (Wildman–Crippen MR) is 102 cm³/mol. The van der Waals surface area contributed by atoms with Crippen molar-refractivity contribution in [2.75, 3.05) is 13.7 Å². The summed E-state index contributed by atoms with van der Waals surface area (Å²) in [6.45, 7) is 1.28. The van der Waals surface area contributed by atoms with E-state index >= 15 is 0 Å². The number of amides is 3. The van der Waals surface area contributed by atoms with Gasteiger partial charge in [-0.15, -0.1) is 11.3 Å². The van der Waals surface area contributed by atoms with Crippen molar-refractivity contribution in [2.45, 2.75) is 6.92 Å². The van der Waals surface area contributed by atoms with Crippen LogP contribution in [0.2, 0.25) is 5.02 Å². The van der Waals surface area contributed by atoms with Crippen LogP contribution in [0, 0.1) is 6.92 Å². The number of hydrogen-bond acceptors (Lipinski definition) is 6. The Kier molecular flexibility index (Phi) is 5.43. The van der Waals surface area contributed by atoms with Crippen molar-refractivity contribution in [1.82, 2.24) is 20.4 Å². The number of rotatable bonds is 4. The third kappa shape index (κ3) is 4.09. The van der Waals surface area contributed by atoms with E-state index in [0.717, 1.165) is 21.6 Å². The van der Waals surface area contributed by atoms with Crippen LogP contribution in [-0.4, -0.2) is 41.3 Å². The number of benzene rings is 1. The van der Waals surface area contributed by atoms with Gasteiger partial charge < -0.3 is 10.1 Å². The zero-order valence-corrected chi connectivity index (χ0v) is 16.0. The van der Waals surface area contributed by atoms with Gasteiger partial charge in [0.05, 0.1) is 11.4 Å². The standard InChI is InChI=1S/C17H15ClN4O4S/c1-9-12-7-13(16(24)26-8-14(23)20-17(25)19-2)27-15(12)22(21-9)11-5-3-4-10(18)6-11/h3-7H,8H2,1-2H3,(H2,19,20,23,25). The van der Waals surface area contributed by atoms with Gasteiger partial charge in [-0.3, -0.25) is 10.1 Å². The van der Waals surface area contributed by atoms with Gasteiger partial charge in [0.2, 0.25) is 0 Å². The fourth-order valence-corrected chi connectivity index (χ4v) is 3.62. The number of aryl methyl sites for hydroxylation is 1. The number of ether oxygens (including phenoxy) is 1. The SMILES string of the molecule is CNC(=O)NC(=O)COC(=O)c1cc2c(C)nn(-c3cccc(Cl)c3)c2s1. The summed E-state index contributed by atoms with van der Waals surface area (Å²) in [7, 11) is 1.37. The van der Waals surface area contributed by atoms with Crippen LogP contribution in [-0.2, 0) is 9.53 Å². The zero-order valence-electron chi connectivity index (χ0n) is 14.4. The van der Waals surface area contributed by atoms with Crippen LogP contribution < -0.4 is 10.6 Å². The fraction of sp³-hybridized carbons (Fsp3) is 0.176. The molecule has 0 saturated carbocycles. The summed E-state index contributed by atoms with van der Waals surface area (Å²) >= 11 is 7.24. The largest absolute Gasteiger partial charge is 0.451 e. The summed E-state index contributed by atoms with van der Waals surface area (Å²) in [5.41, 5.74) is 1.52. The van der Waals surface area contributed by atoms with E-state index in [9.17, 15) is 14.4 Å². The molecule has 0 fully saturated rings.